The fourth-order valence-electron chi connectivity index (χ4n) is 6.34. The first-order valence-corrected chi connectivity index (χ1v) is 18.8. The Balaban J connectivity index is 1.43. The van der Waals surface area contributed by atoms with Crippen LogP contribution in [0.3, 0.4) is 0 Å². The minimum Gasteiger partial charge on any atom is -0.497 e. The van der Waals surface area contributed by atoms with Crippen molar-refractivity contribution in [1.29, 1.82) is 0 Å². The maximum atomic E-state index is 14.5. The van der Waals surface area contributed by atoms with Crippen LogP contribution in [0.15, 0.2) is 49.1 Å². The van der Waals surface area contributed by atoms with Gasteiger partial charge in [0.1, 0.15) is 40.8 Å². The number of amides is 4. The van der Waals surface area contributed by atoms with E-state index in [4.69, 9.17) is 18.4 Å². The number of carbonyl (C=O) groups is 4. The van der Waals surface area contributed by atoms with Gasteiger partial charge >= 0.3 is 16.4 Å². The van der Waals surface area contributed by atoms with Gasteiger partial charge in [-0.2, -0.15) is 8.42 Å². The van der Waals surface area contributed by atoms with Crippen molar-refractivity contribution in [1.82, 2.24) is 20.3 Å². The SMILES string of the molecule is C=C[C@@H]1C[C@]1(NC(=O)[C@@H]1C[C@@H](Oc2cccc3cc(OC)ccc23)CN1C(=O)[C@@H](NC(=O)OC(C)(C)C)C(C)(C)C)C(=O)NS(=O)(=O)OC1(C)CC1. The first-order chi connectivity index (χ1) is 24.1. The molecule has 0 radical (unpaired) electrons. The third-order valence-electron chi connectivity index (χ3n) is 9.50. The van der Waals surface area contributed by atoms with Gasteiger partial charge in [0.2, 0.25) is 11.8 Å². The van der Waals surface area contributed by atoms with Crippen LogP contribution in [0.5, 0.6) is 11.5 Å². The molecule has 0 aromatic heterocycles. The van der Waals surface area contributed by atoms with Crippen molar-refractivity contribution in [3.63, 3.8) is 0 Å². The summed E-state index contributed by atoms with van der Waals surface area (Å²) in [7, 11) is -2.90. The van der Waals surface area contributed by atoms with Crippen LogP contribution in [0.1, 0.15) is 74.1 Å². The van der Waals surface area contributed by atoms with Crippen molar-refractivity contribution in [2.45, 2.75) is 109 Å². The third-order valence-corrected chi connectivity index (χ3v) is 10.6. The second kappa shape index (κ2) is 13.9. The van der Waals surface area contributed by atoms with Gasteiger partial charge in [0.05, 0.1) is 19.3 Å². The number of ether oxygens (including phenoxy) is 3. The number of hydrogen-bond donors (Lipinski definition) is 3. The van der Waals surface area contributed by atoms with E-state index in [0.717, 1.165) is 10.8 Å². The topological polar surface area (TPSA) is 179 Å². The van der Waals surface area contributed by atoms with E-state index in [1.54, 1.807) is 67.7 Å². The largest absolute Gasteiger partial charge is 0.497 e. The Morgan fingerprint density at radius 1 is 1.06 bits per heavy atom. The van der Waals surface area contributed by atoms with Crippen molar-refractivity contribution in [3.8, 4) is 11.5 Å². The predicted molar refractivity (Wildman–Crippen MR) is 193 cm³/mol. The Morgan fingerprint density at radius 3 is 2.33 bits per heavy atom. The van der Waals surface area contributed by atoms with E-state index in [1.807, 2.05) is 29.0 Å². The number of benzene rings is 2. The fourth-order valence-corrected chi connectivity index (χ4v) is 7.49. The Kier molecular flexibility index (Phi) is 10.4. The minimum absolute atomic E-state index is 0.0308. The molecule has 284 valence electrons. The molecule has 15 heteroatoms. The van der Waals surface area contributed by atoms with Gasteiger partial charge in [-0.3, -0.25) is 14.4 Å². The Morgan fingerprint density at radius 2 is 1.75 bits per heavy atom. The van der Waals surface area contributed by atoms with Crippen LogP contribution >= 0.6 is 0 Å². The zero-order chi connectivity index (χ0) is 38.4. The van der Waals surface area contributed by atoms with E-state index >= 15 is 0 Å². The Hall–Kier alpha value is -4.37. The molecule has 1 heterocycles. The molecule has 1 saturated heterocycles. The number of rotatable bonds is 12. The van der Waals surface area contributed by atoms with Crippen molar-refractivity contribution < 1.29 is 46.0 Å². The summed E-state index contributed by atoms with van der Waals surface area (Å²) in [4.78, 5) is 56.5. The van der Waals surface area contributed by atoms with Crippen LogP contribution < -0.4 is 24.8 Å². The van der Waals surface area contributed by atoms with E-state index in [9.17, 15) is 27.6 Å². The van der Waals surface area contributed by atoms with Gasteiger partial charge in [-0.15, -0.1) is 6.58 Å². The lowest BCUT2D eigenvalue weighted by Gasteiger charge is -2.36. The summed E-state index contributed by atoms with van der Waals surface area (Å²) in [5.41, 5.74) is -4.17. The number of alkyl carbamates (subject to hydrolysis) is 1. The molecular formula is C37H50N4O10S. The molecule has 5 rings (SSSR count). The summed E-state index contributed by atoms with van der Waals surface area (Å²) in [6, 6.07) is 8.78. The second-order valence-corrected chi connectivity index (χ2v) is 17.5. The molecule has 0 spiro atoms. The lowest BCUT2D eigenvalue weighted by atomic mass is 9.85. The van der Waals surface area contributed by atoms with Gasteiger partial charge < -0.3 is 29.7 Å². The summed E-state index contributed by atoms with van der Waals surface area (Å²) in [5, 5.41) is 7.10. The van der Waals surface area contributed by atoms with Crippen molar-refractivity contribution in [2.24, 2.45) is 11.3 Å². The van der Waals surface area contributed by atoms with Crippen molar-refractivity contribution >= 4 is 44.9 Å². The molecule has 2 aromatic carbocycles. The molecule has 0 unspecified atom stereocenters. The minimum atomic E-state index is -4.48. The fraction of sp³-hybridized carbons (Fsp3) is 0.568. The molecule has 2 saturated carbocycles. The molecule has 5 atom stereocenters. The first kappa shape index (κ1) is 38.9. The number of nitrogens with zero attached hydrogens (tertiary/aromatic N) is 1. The van der Waals surface area contributed by atoms with Crippen LogP contribution in [0.4, 0.5) is 4.79 Å². The zero-order valence-electron chi connectivity index (χ0n) is 31.0. The van der Waals surface area contributed by atoms with Crippen LogP contribution in [-0.4, -0.2) is 85.7 Å². The van der Waals surface area contributed by atoms with Crippen LogP contribution in [0.25, 0.3) is 10.8 Å². The lowest BCUT2D eigenvalue weighted by molar-refractivity contribution is -0.143. The van der Waals surface area contributed by atoms with Crippen molar-refractivity contribution in [2.75, 3.05) is 13.7 Å². The number of likely N-dealkylation sites (tertiary alicyclic amines) is 1. The van der Waals surface area contributed by atoms with Crippen LogP contribution in [0, 0.1) is 11.3 Å². The first-order valence-electron chi connectivity index (χ1n) is 17.3. The van der Waals surface area contributed by atoms with E-state index in [-0.39, 0.29) is 19.4 Å². The number of hydrogen-bond acceptors (Lipinski definition) is 10. The summed E-state index contributed by atoms with van der Waals surface area (Å²) < 4.78 is 49.9. The lowest BCUT2D eigenvalue weighted by Crippen LogP contribution is -2.60. The second-order valence-electron chi connectivity index (χ2n) is 16.2. The molecule has 2 aliphatic carbocycles. The molecule has 52 heavy (non-hydrogen) atoms. The van der Waals surface area contributed by atoms with E-state index in [1.165, 1.54) is 11.0 Å². The van der Waals surface area contributed by atoms with Gasteiger partial charge in [-0.1, -0.05) is 39.0 Å². The number of fused-ring (bicyclic) bond motifs is 1. The molecule has 3 N–H and O–H groups in total. The molecule has 14 nitrogen and oxygen atoms in total. The normalized spacial score (nSPS) is 24.3. The van der Waals surface area contributed by atoms with E-state index in [2.05, 4.69) is 17.2 Å². The zero-order valence-corrected chi connectivity index (χ0v) is 31.8. The molecular weight excluding hydrogens is 692 g/mol. The Bertz CT molecular complexity index is 1860. The predicted octanol–water partition coefficient (Wildman–Crippen LogP) is 4.13. The number of carbonyl (C=O) groups excluding carboxylic acids is 4. The highest BCUT2D eigenvalue weighted by Crippen LogP contribution is 2.46. The number of nitrogens with one attached hydrogen (secondary N) is 3. The highest BCUT2D eigenvalue weighted by Gasteiger charge is 2.62. The highest BCUT2D eigenvalue weighted by atomic mass is 32.2. The van der Waals surface area contributed by atoms with Gasteiger partial charge in [0.15, 0.2) is 0 Å². The molecule has 4 amide bonds. The summed E-state index contributed by atoms with van der Waals surface area (Å²) in [6.07, 6.45) is 1.16. The van der Waals surface area contributed by atoms with Gasteiger partial charge in [0, 0.05) is 17.7 Å². The maximum Gasteiger partial charge on any atom is 0.408 e. The molecule has 3 fully saturated rings. The maximum absolute atomic E-state index is 14.5. The summed E-state index contributed by atoms with van der Waals surface area (Å²) >= 11 is 0. The Labute approximate surface area is 305 Å². The standard InChI is InChI=1S/C37H50N4O10S/c1-10-23-20-37(23,32(44)40-52(46,47)51-36(8)16-17-36)39-30(42)27-19-25(49-28-13-11-12-22-18-24(48-9)14-15-26(22)28)21-41(27)31(43)29(34(2,3)4)38-33(45)50-35(5,6)7/h10-15,18,23,25,27,29H,1,16-17,19-21H2,2-9H3,(H,38,45)(H,39,42)(H,40,44)/t23-,25-,27+,29-,37-/m1/s1. The third kappa shape index (κ3) is 8.80. The average molecular weight is 743 g/mol. The highest BCUT2D eigenvalue weighted by molar-refractivity contribution is 7.85. The van der Waals surface area contributed by atoms with E-state index in [0.29, 0.717) is 24.3 Å². The average Bonchev–Trinajstić information content (AvgIpc) is 3.90. The molecule has 2 aromatic rings. The number of methoxy groups -OCH3 is 1. The summed E-state index contributed by atoms with van der Waals surface area (Å²) in [5.74, 6) is -1.61. The van der Waals surface area contributed by atoms with Crippen LogP contribution in [0.2, 0.25) is 0 Å². The van der Waals surface area contributed by atoms with Gasteiger partial charge in [-0.25, -0.2) is 13.7 Å². The molecule has 3 aliphatic rings. The van der Waals surface area contributed by atoms with Crippen LogP contribution in [-0.2, 0) is 33.6 Å². The quantitative estimate of drug-likeness (QED) is 0.268. The molecule has 0 bridgehead atoms. The monoisotopic (exact) mass is 742 g/mol. The van der Waals surface area contributed by atoms with Gasteiger partial charge in [-0.05, 0) is 82.0 Å². The summed E-state index contributed by atoms with van der Waals surface area (Å²) in [6.45, 7) is 15.8. The van der Waals surface area contributed by atoms with Crippen molar-refractivity contribution in [3.05, 3.63) is 49.1 Å². The molecule has 1 aliphatic heterocycles. The smallest absolute Gasteiger partial charge is 0.408 e. The van der Waals surface area contributed by atoms with Gasteiger partial charge in [0.25, 0.3) is 5.91 Å². The van der Waals surface area contributed by atoms with E-state index < -0.39 is 80.4 Å².